The highest BCUT2D eigenvalue weighted by molar-refractivity contribution is 6.10. The average Bonchev–Trinajstić information content (AvgIpc) is 3.80. The van der Waals surface area contributed by atoms with Gasteiger partial charge in [-0.3, -0.25) is 0 Å². The summed E-state index contributed by atoms with van der Waals surface area (Å²) in [6.45, 7) is 6.93. The Morgan fingerprint density at radius 2 is 1.20 bits per heavy atom. The van der Waals surface area contributed by atoms with Crippen LogP contribution in [0, 0.1) is 6.92 Å². The number of anilines is 2. The largest absolute Gasteiger partial charge is 0.313 e. The fourth-order valence-corrected chi connectivity index (χ4v) is 9.70. The van der Waals surface area contributed by atoms with E-state index in [-0.39, 0.29) is 5.41 Å². The van der Waals surface area contributed by atoms with Crippen LogP contribution in [-0.2, 0) is 5.41 Å². The number of para-hydroxylation sites is 1. The number of nitrogens with zero attached hydrogens (tertiary/aromatic N) is 2. The van der Waals surface area contributed by atoms with Crippen LogP contribution < -0.4 is 4.90 Å². The van der Waals surface area contributed by atoms with Crippen molar-refractivity contribution < 1.29 is 0 Å². The molecule has 0 N–H and O–H groups in total. The van der Waals surface area contributed by atoms with Gasteiger partial charge in [0.1, 0.15) is 0 Å². The summed E-state index contributed by atoms with van der Waals surface area (Å²) >= 11 is 0. The molecule has 11 rings (SSSR count). The molecule has 1 unspecified atom stereocenters. The van der Waals surface area contributed by atoms with Gasteiger partial charge in [-0.2, -0.15) is 0 Å². The van der Waals surface area contributed by atoms with E-state index < -0.39 is 0 Å². The lowest BCUT2D eigenvalue weighted by Gasteiger charge is -2.28. The second kappa shape index (κ2) is 11.6. The van der Waals surface area contributed by atoms with E-state index in [9.17, 15) is 0 Å². The van der Waals surface area contributed by atoms with Crippen molar-refractivity contribution in [2.75, 3.05) is 4.90 Å². The zero-order valence-electron chi connectivity index (χ0n) is 30.8. The zero-order chi connectivity index (χ0) is 36.1. The standard InChI is InChI=1S/C52H40N2/c1-33-17-26-49-43(29-33)45-31-37(21-28-51(45)53(49)38-22-18-35(19-23-38)34-11-5-4-6-12-34)36-20-27-50-44(30-36)42-14-8-10-16-48(42)54(50)39-24-25-41-40-13-7-9-15-46(40)52(2,3)47(41)32-39/h4-29,31-32,44H,30H2,1-3H3. The summed E-state index contributed by atoms with van der Waals surface area (Å²) in [4.78, 5) is 2.52. The maximum Gasteiger partial charge on any atom is 0.0541 e. The molecule has 2 nitrogen and oxygen atoms in total. The number of hydrogen-bond donors (Lipinski definition) is 0. The van der Waals surface area contributed by atoms with Gasteiger partial charge in [-0.05, 0) is 124 Å². The van der Waals surface area contributed by atoms with E-state index in [0.717, 1.165) is 6.42 Å². The number of fused-ring (bicyclic) bond motifs is 9. The number of allylic oxidation sites excluding steroid dienone is 4. The maximum atomic E-state index is 2.52. The van der Waals surface area contributed by atoms with Gasteiger partial charge in [-0.25, -0.2) is 0 Å². The maximum absolute atomic E-state index is 2.52. The van der Waals surface area contributed by atoms with Gasteiger partial charge in [-0.1, -0.05) is 129 Å². The molecule has 1 aliphatic heterocycles. The molecule has 1 aromatic heterocycles. The summed E-state index contributed by atoms with van der Waals surface area (Å²) in [6, 6.07) is 58.7. The van der Waals surface area contributed by atoms with Crippen molar-refractivity contribution in [1.29, 1.82) is 0 Å². The van der Waals surface area contributed by atoms with Crippen molar-refractivity contribution in [3.63, 3.8) is 0 Å². The third kappa shape index (κ3) is 4.53. The lowest BCUT2D eigenvalue weighted by Crippen LogP contribution is -2.18. The third-order valence-corrected chi connectivity index (χ3v) is 12.4. The summed E-state index contributed by atoms with van der Waals surface area (Å²) < 4.78 is 2.43. The van der Waals surface area contributed by atoms with Crippen LogP contribution in [0.5, 0.6) is 0 Å². The molecule has 0 saturated carbocycles. The van der Waals surface area contributed by atoms with Crippen LogP contribution in [0.2, 0.25) is 0 Å². The van der Waals surface area contributed by atoms with E-state index in [2.05, 4.69) is 200 Å². The molecule has 2 heteroatoms. The van der Waals surface area contributed by atoms with Gasteiger partial charge in [-0.15, -0.1) is 0 Å². The Labute approximate surface area is 317 Å². The summed E-state index contributed by atoms with van der Waals surface area (Å²) in [5, 5.41) is 2.59. The van der Waals surface area contributed by atoms with Crippen LogP contribution in [0.15, 0.2) is 176 Å². The quantitative estimate of drug-likeness (QED) is 0.178. The van der Waals surface area contributed by atoms with Crippen molar-refractivity contribution in [1.82, 2.24) is 4.57 Å². The van der Waals surface area contributed by atoms with Crippen LogP contribution in [0.4, 0.5) is 11.4 Å². The molecule has 258 valence electrons. The molecular formula is C52H40N2. The summed E-state index contributed by atoms with van der Waals surface area (Å²) in [5.74, 6) is 0.294. The van der Waals surface area contributed by atoms with Gasteiger partial charge < -0.3 is 9.47 Å². The zero-order valence-corrected chi connectivity index (χ0v) is 30.8. The number of benzene rings is 7. The fourth-order valence-electron chi connectivity index (χ4n) is 9.70. The highest BCUT2D eigenvalue weighted by Gasteiger charge is 2.39. The Morgan fingerprint density at radius 1 is 0.537 bits per heavy atom. The van der Waals surface area contributed by atoms with Crippen molar-refractivity contribution in [3.05, 3.63) is 203 Å². The van der Waals surface area contributed by atoms with E-state index in [4.69, 9.17) is 0 Å². The Hall–Kier alpha value is -6.38. The highest BCUT2D eigenvalue weighted by atomic mass is 15.2. The minimum absolute atomic E-state index is 0.0412. The second-order valence-corrected chi connectivity index (χ2v) is 15.8. The number of aromatic nitrogens is 1. The van der Waals surface area contributed by atoms with E-state index in [1.54, 1.807) is 0 Å². The molecule has 54 heavy (non-hydrogen) atoms. The Kier molecular flexibility index (Phi) is 6.67. The molecule has 8 aromatic rings. The Balaban J connectivity index is 0.997. The molecule has 2 aliphatic carbocycles. The molecule has 0 bridgehead atoms. The van der Waals surface area contributed by atoms with Crippen molar-refractivity contribution in [2.45, 2.75) is 38.5 Å². The van der Waals surface area contributed by atoms with Crippen LogP contribution in [0.1, 0.15) is 54.0 Å². The molecule has 7 aromatic carbocycles. The third-order valence-electron chi connectivity index (χ3n) is 12.4. The van der Waals surface area contributed by atoms with Crippen molar-refractivity contribution >= 4 is 38.8 Å². The minimum atomic E-state index is -0.0412. The summed E-state index contributed by atoms with van der Waals surface area (Å²) in [5.41, 5.74) is 20.9. The number of rotatable bonds is 4. The topological polar surface area (TPSA) is 8.17 Å². The molecule has 0 amide bonds. The Bertz CT molecular complexity index is 2880. The van der Waals surface area contributed by atoms with Gasteiger partial charge in [0.2, 0.25) is 0 Å². The van der Waals surface area contributed by atoms with E-state index in [1.165, 1.54) is 100 Å². The van der Waals surface area contributed by atoms with Crippen molar-refractivity contribution in [3.8, 4) is 27.9 Å². The van der Waals surface area contributed by atoms with Crippen molar-refractivity contribution in [2.24, 2.45) is 0 Å². The van der Waals surface area contributed by atoms with Gasteiger partial charge in [0, 0.05) is 44.9 Å². The van der Waals surface area contributed by atoms with E-state index >= 15 is 0 Å². The Morgan fingerprint density at radius 3 is 2.06 bits per heavy atom. The first-order valence-electron chi connectivity index (χ1n) is 19.2. The van der Waals surface area contributed by atoms with Crippen LogP contribution in [-0.4, -0.2) is 4.57 Å². The number of hydrogen-bond acceptors (Lipinski definition) is 1. The minimum Gasteiger partial charge on any atom is -0.313 e. The molecule has 0 saturated heterocycles. The smallest absolute Gasteiger partial charge is 0.0541 e. The second-order valence-electron chi connectivity index (χ2n) is 15.8. The lowest BCUT2D eigenvalue weighted by atomic mass is 9.82. The van der Waals surface area contributed by atoms with Gasteiger partial charge >= 0.3 is 0 Å². The highest BCUT2D eigenvalue weighted by Crippen LogP contribution is 2.55. The van der Waals surface area contributed by atoms with Crippen LogP contribution >= 0.6 is 0 Å². The molecule has 0 spiro atoms. The van der Waals surface area contributed by atoms with E-state index in [1.807, 2.05) is 0 Å². The van der Waals surface area contributed by atoms with Gasteiger partial charge in [0.15, 0.2) is 0 Å². The first kappa shape index (κ1) is 31.2. The van der Waals surface area contributed by atoms with E-state index in [0.29, 0.717) is 5.92 Å². The first-order valence-corrected chi connectivity index (χ1v) is 19.2. The molecule has 1 atom stereocenters. The lowest BCUT2D eigenvalue weighted by molar-refractivity contribution is 0.660. The summed E-state index contributed by atoms with van der Waals surface area (Å²) in [7, 11) is 0. The molecule has 2 heterocycles. The predicted octanol–water partition coefficient (Wildman–Crippen LogP) is 13.7. The monoisotopic (exact) mass is 692 g/mol. The first-order chi connectivity index (χ1) is 26.4. The number of aryl methyl sites for hydroxylation is 1. The van der Waals surface area contributed by atoms with Crippen LogP contribution in [0.3, 0.4) is 0 Å². The van der Waals surface area contributed by atoms with Gasteiger partial charge in [0.25, 0.3) is 0 Å². The molecular weight excluding hydrogens is 653 g/mol. The fraction of sp³-hybridized carbons (Fsp3) is 0.115. The van der Waals surface area contributed by atoms with Crippen LogP contribution in [0.25, 0.3) is 55.3 Å². The molecule has 0 radical (unpaired) electrons. The average molecular weight is 693 g/mol. The predicted molar refractivity (Wildman–Crippen MR) is 227 cm³/mol. The molecule has 0 fully saturated rings. The molecule has 3 aliphatic rings. The SMILES string of the molecule is Cc1ccc2c(c1)c1cc(C3=CC=C4C(C3)c3ccccc3N4c3ccc4c(c3)C(C)(C)c3ccccc3-4)ccc1n2-c1ccc(-c2ccccc2)cc1. The van der Waals surface area contributed by atoms with Gasteiger partial charge in [0.05, 0.1) is 11.0 Å². The summed E-state index contributed by atoms with van der Waals surface area (Å²) in [6.07, 6.45) is 5.74. The normalized spacial score (nSPS) is 16.5.